The molecule has 0 aliphatic carbocycles. The number of benzene rings is 2. The molecule has 2 heterocycles. The third-order valence-corrected chi connectivity index (χ3v) is 4.25. The Morgan fingerprint density at radius 1 is 0.645 bits per heavy atom. The highest BCUT2D eigenvalue weighted by Crippen LogP contribution is 2.10. The Hall–Kier alpha value is -2.77. The monoisotopic (exact) mass is 474 g/mol. The van der Waals surface area contributed by atoms with Crippen LogP contribution in [-0.4, -0.2) is 19.9 Å². The zero-order valence-corrected chi connectivity index (χ0v) is 18.8. The lowest BCUT2D eigenvalue weighted by Gasteiger charge is -2.04. The second kappa shape index (κ2) is 14.3. The summed E-state index contributed by atoms with van der Waals surface area (Å²) in [5.41, 5.74) is 7.74. The van der Waals surface area contributed by atoms with Crippen LogP contribution in [0, 0.1) is 0 Å². The van der Waals surface area contributed by atoms with Gasteiger partial charge in [-0.25, -0.2) is 19.9 Å². The number of hydrogen-bond acceptors (Lipinski definition) is 6. The molecule has 0 saturated heterocycles. The molecule has 3 N–H and O–H groups in total. The summed E-state index contributed by atoms with van der Waals surface area (Å²) in [6.45, 7) is 1.37. The molecule has 0 radical (unpaired) electrons. The maximum Gasteiger partial charge on any atom is 0.134 e. The number of nitrogens with two attached hydrogens (primary N) is 1. The first kappa shape index (κ1) is 24.5. The van der Waals surface area contributed by atoms with Gasteiger partial charge in [0.05, 0.1) is 0 Å². The maximum absolute atomic E-state index is 5.74. The molecular weight excluding hydrogens is 455 g/mol. The molecule has 0 aliphatic rings. The van der Waals surface area contributed by atoms with Crippen molar-refractivity contribution in [3.05, 3.63) is 112 Å². The minimum Gasteiger partial charge on any atom is -0.366 e. The second-order valence-electron chi connectivity index (χ2n) is 5.92. The fourth-order valence-corrected chi connectivity index (χ4v) is 2.64. The summed E-state index contributed by atoms with van der Waals surface area (Å²) in [5, 5.41) is 4.34. The van der Waals surface area contributed by atoms with Crippen molar-refractivity contribution in [1.82, 2.24) is 19.9 Å². The standard InChI is InChI=1S/C11H10ClN3.C7H9N.C4H2Cl2N2/c12-10-6-11(15-8-14-10)13-7-9-4-2-1-3-5-9;8-6-7-4-2-1-3-5-7;5-3-1-4(6)8-2-7-3/h1-6,8H,7H2,(H,13,14,15);1-5H,6,8H2;1-2H. The normalized spacial score (nSPS) is 9.55. The zero-order chi connectivity index (χ0) is 22.3. The van der Waals surface area contributed by atoms with E-state index < -0.39 is 0 Å². The maximum atomic E-state index is 5.74. The Bertz CT molecular complexity index is 1000. The fraction of sp³-hybridized carbons (Fsp3) is 0.0909. The van der Waals surface area contributed by atoms with Gasteiger partial charge < -0.3 is 11.1 Å². The third kappa shape index (κ3) is 10.7. The Morgan fingerprint density at radius 2 is 1.13 bits per heavy atom. The molecule has 0 amide bonds. The molecule has 0 fully saturated rings. The Balaban J connectivity index is 0.000000181. The van der Waals surface area contributed by atoms with E-state index in [1.54, 1.807) is 6.07 Å². The Kier molecular flexibility index (Phi) is 11.3. The van der Waals surface area contributed by atoms with Crippen LogP contribution in [0.2, 0.25) is 15.5 Å². The van der Waals surface area contributed by atoms with Gasteiger partial charge in [-0.15, -0.1) is 0 Å². The lowest BCUT2D eigenvalue weighted by atomic mass is 10.2. The molecule has 2 aromatic heterocycles. The van der Waals surface area contributed by atoms with Gasteiger partial charge in [0.1, 0.15) is 33.9 Å². The number of halogens is 3. The quantitative estimate of drug-likeness (QED) is 0.370. The predicted molar refractivity (Wildman–Crippen MR) is 127 cm³/mol. The summed E-state index contributed by atoms with van der Waals surface area (Å²) in [4.78, 5) is 15.1. The van der Waals surface area contributed by atoms with Crippen molar-refractivity contribution in [1.29, 1.82) is 0 Å². The van der Waals surface area contributed by atoms with Gasteiger partial charge in [0, 0.05) is 25.2 Å². The summed E-state index contributed by atoms with van der Waals surface area (Å²) in [7, 11) is 0. The van der Waals surface area contributed by atoms with Crippen molar-refractivity contribution in [3.8, 4) is 0 Å². The summed E-state index contributed by atoms with van der Waals surface area (Å²) in [6, 6.07) is 23.3. The van der Waals surface area contributed by atoms with E-state index in [1.807, 2.05) is 48.5 Å². The lowest BCUT2D eigenvalue weighted by molar-refractivity contribution is 1.07. The first-order valence-corrected chi connectivity index (χ1v) is 10.3. The number of anilines is 1. The molecule has 0 aliphatic heterocycles. The average Bonchev–Trinajstić information content (AvgIpc) is 2.80. The van der Waals surface area contributed by atoms with Crippen LogP contribution < -0.4 is 11.1 Å². The molecule has 4 aromatic rings. The van der Waals surface area contributed by atoms with Crippen LogP contribution in [0.5, 0.6) is 0 Å². The van der Waals surface area contributed by atoms with E-state index in [-0.39, 0.29) is 0 Å². The highest BCUT2D eigenvalue weighted by Gasteiger charge is 1.96. The van der Waals surface area contributed by atoms with Crippen LogP contribution >= 0.6 is 34.8 Å². The van der Waals surface area contributed by atoms with Crippen molar-refractivity contribution >= 4 is 40.6 Å². The molecule has 2 aromatic carbocycles. The van der Waals surface area contributed by atoms with Gasteiger partial charge in [-0.05, 0) is 11.1 Å². The molecule has 160 valence electrons. The van der Waals surface area contributed by atoms with E-state index in [9.17, 15) is 0 Å². The molecule has 6 nitrogen and oxygen atoms in total. The van der Waals surface area contributed by atoms with Crippen molar-refractivity contribution in [2.75, 3.05) is 5.32 Å². The molecule has 9 heteroatoms. The summed E-state index contributed by atoms with van der Waals surface area (Å²) in [5.74, 6) is 0.735. The van der Waals surface area contributed by atoms with Crippen molar-refractivity contribution in [2.24, 2.45) is 5.73 Å². The van der Waals surface area contributed by atoms with Crippen LogP contribution in [0.4, 0.5) is 5.82 Å². The van der Waals surface area contributed by atoms with Gasteiger partial charge in [-0.2, -0.15) is 0 Å². The van der Waals surface area contributed by atoms with Gasteiger partial charge in [0.15, 0.2) is 0 Å². The SMILES string of the molecule is Clc1cc(Cl)ncn1.Clc1cc(NCc2ccccc2)ncn1.NCc1ccccc1. The molecule has 0 unspecified atom stereocenters. The predicted octanol–water partition coefficient (Wildman–Crippen LogP) is 5.67. The Labute approximate surface area is 196 Å². The minimum absolute atomic E-state index is 0.366. The van der Waals surface area contributed by atoms with Gasteiger partial charge >= 0.3 is 0 Å². The van der Waals surface area contributed by atoms with Crippen molar-refractivity contribution < 1.29 is 0 Å². The van der Waals surface area contributed by atoms with Gasteiger partial charge in [-0.3, -0.25) is 0 Å². The number of aromatic nitrogens is 4. The van der Waals surface area contributed by atoms with Gasteiger partial charge in [0.25, 0.3) is 0 Å². The lowest BCUT2D eigenvalue weighted by Crippen LogP contribution is -2.01. The van der Waals surface area contributed by atoms with Crippen LogP contribution in [0.3, 0.4) is 0 Å². The molecule has 4 rings (SSSR count). The van der Waals surface area contributed by atoms with E-state index in [4.69, 9.17) is 40.5 Å². The minimum atomic E-state index is 0.366. The van der Waals surface area contributed by atoms with Crippen LogP contribution in [-0.2, 0) is 13.1 Å². The second-order valence-corrected chi connectivity index (χ2v) is 7.08. The first-order chi connectivity index (χ1) is 15.1. The Morgan fingerprint density at radius 3 is 1.55 bits per heavy atom. The number of rotatable bonds is 4. The topological polar surface area (TPSA) is 89.6 Å². The molecule has 0 bridgehead atoms. The van der Waals surface area contributed by atoms with Crippen molar-refractivity contribution in [3.63, 3.8) is 0 Å². The summed E-state index contributed by atoms with van der Waals surface area (Å²) in [6.07, 6.45) is 2.75. The number of hydrogen-bond donors (Lipinski definition) is 2. The average molecular weight is 476 g/mol. The molecule has 0 spiro atoms. The van der Waals surface area contributed by atoms with E-state index >= 15 is 0 Å². The highest BCUT2D eigenvalue weighted by molar-refractivity contribution is 6.33. The summed E-state index contributed by atoms with van der Waals surface area (Å²) >= 11 is 16.6. The van der Waals surface area contributed by atoms with E-state index in [0.717, 1.165) is 12.4 Å². The molecular formula is C22H21Cl3N6. The van der Waals surface area contributed by atoms with E-state index in [0.29, 0.717) is 22.0 Å². The van der Waals surface area contributed by atoms with Crippen molar-refractivity contribution in [2.45, 2.75) is 13.1 Å². The molecule has 0 saturated carbocycles. The largest absolute Gasteiger partial charge is 0.366 e. The molecule has 31 heavy (non-hydrogen) atoms. The van der Waals surface area contributed by atoms with Crippen LogP contribution in [0.15, 0.2) is 85.5 Å². The number of nitrogens with zero attached hydrogens (tertiary/aromatic N) is 4. The smallest absolute Gasteiger partial charge is 0.134 e. The fourth-order valence-electron chi connectivity index (χ4n) is 2.14. The van der Waals surface area contributed by atoms with Crippen LogP contribution in [0.1, 0.15) is 11.1 Å². The van der Waals surface area contributed by atoms with Gasteiger partial charge in [-0.1, -0.05) is 95.5 Å². The van der Waals surface area contributed by atoms with Crippen LogP contribution in [0.25, 0.3) is 0 Å². The zero-order valence-electron chi connectivity index (χ0n) is 16.5. The summed E-state index contributed by atoms with van der Waals surface area (Å²) < 4.78 is 0. The van der Waals surface area contributed by atoms with Gasteiger partial charge in [0.2, 0.25) is 0 Å². The number of nitrogens with one attached hydrogen (secondary N) is 1. The highest BCUT2D eigenvalue weighted by atomic mass is 35.5. The molecule has 0 atom stereocenters. The first-order valence-electron chi connectivity index (χ1n) is 9.19. The van der Waals surface area contributed by atoms with E-state index in [2.05, 4.69) is 37.4 Å². The van der Waals surface area contributed by atoms with E-state index in [1.165, 1.54) is 29.8 Å². The third-order valence-electron chi connectivity index (χ3n) is 3.63.